The lowest BCUT2D eigenvalue weighted by atomic mass is 9.86. The fourth-order valence-electron chi connectivity index (χ4n) is 2.37. The summed E-state index contributed by atoms with van der Waals surface area (Å²) in [5, 5.41) is 0. The molecule has 1 aliphatic carbocycles. The summed E-state index contributed by atoms with van der Waals surface area (Å²) >= 11 is 3.34. The number of carbonyl (C=O) groups excluding carboxylic acids is 3. The third kappa shape index (κ3) is 3.69. The van der Waals surface area contributed by atoms with Gasteiger partial charge in [0.05, 0.1) is 19.1 Å². The molecule has 20 heavy (non-hydrogen) atoms. The van der Waals surface area contributed by atoms with E-state index in [9.17, 15) is 14.4 Å². The van der Waals surface area contributed by atoms with Crippen LogP contribution < -0.4 is 0 Å². The molecule has 1 fully saturated rings. The molecular weight excluding hydrogens is 328 g/mol. The van der Waals surface area contributed by atoms with Gasteiger partial charge in [-0.2, -0.15) is 0 Å². The number of rotatable bonds is 5. The standard InChI is InChI=1S/C14H19BrO5/c1-4-19-13(17)12(14(18)20-5-2)11-9(8(3)15)6-7-10(11)16/h11-12H,4-7H2,1-3H3/b9-8+. The third-order valence-electron chi connectivity index (χ3n) is 3.22. The number of ketones is 1. The van der Waals surface area contributed by atoms with Gasteiger partial charge in [-0.25, -0.2) is 0 Å². The van der Waals surface area contributed by atoms with E-state index >= 15 is 0 Å². The molecule has 0 amide bonds. The largest absolute Gasteiger partial charge is 0.465 e. The lowest BCUT2D eigenvalue weighted by Crippen LogP contribution is -2.37. The van der Waals surface area contributed by atoms with Crippen molar-refractivity contribution in [1.29, 1.82) is 0 Å². The Hall–Kier alpha value is -1.17. The van der Waals surface area contributed by atoms with E-state index in [0.29, 0.717) is 12.8 Å². The summed E-state index contributed by atoms with van der Waals surface area (Å²) in [4.78, 5) is 36.2. The van der Waals surface area contributed by atoms with Crippen molar-refractivity contribution in [2.45, 2.75) is 33.6 Å². The molecule has 0 N–H and O–H groups in total. The molecule has 0 aromatic rings. The number of carbonyl (C=O) groups is 3. The van der Waals surface area contributed by atoms with E-state index in [2.05, 4.69) is 15.9 Å². The minimum absolute atomic E-state index is 0.120. The van der Waals surface area contributed by atoms with Crippen LogP contribution in [0.25, 0.3) is 0 Å². The van der Waals surface area contributed by atoms with Crippen molar-refractivity contribution in [3.63, 3.8) is 0 Å². The lowest BCUT2D eigenvalue weighted by Gasteiger charge is -2.21. The molecule has 6 heteroatoms. The van der Waals surface area contributed by atoms with E-state index < -0.39 is 23.8 Å². The van der Waals surface area contributed by atoms with Crippen LogP contribution in [0.4, 0.5) is 0 Å². The molecule has 0 aromatic carbocycles. The zero-order valence-corrected chi connectivity index (χ0v) is 13.5. The van der Waals surface area contributed by atoms with E-state index in [-0.39, 0.29) is 19.0 Å². The summed E-state index contributed by atoms with van der Waals surface area (Å²) in [7, 11) is 0. The molecule has 0 aliphatic heterocycles. The Bertz CT molecular complexity index is 419. The van der Waals surface area contributed by atoms with Crippen LogP contribution in [0.1, 0.15) is 33.6 Å². The fraction of sp³-hybridized carbons (Fsp3) is 0.643. The van der Waals surface area contributed by atoms with E-state index in [0.717, 1.165) is 10.1 Å². The molecule has 1 unspecified atom stereocenters. The molecule has 1 rings (SSSR count). The molecule has 0 radical (unpaired) electrons. The van der Waals surface area contributed by atoms with E-state index in [1.54, 1.807) is 20.8 Å². The van der Waals surface area contributed by atoms with Crippen molar-refractivity contribution in [2.75, 3.05) is 13.2 Å². The number of ether oxygens (including phenoxy) is 2. The molecule has 0 spiro atoms. The summed E-state index contributed by atoms with van der Waals surface area (Å²) in [6.45, 7) is 5.42. The smallest absolute Gasteiger partial charge is 0.321 e. The maximum absolute atomic E-state index is 12.1. The molecule has 112 valence electrons. The molecule has 0 aromatic heterocycles. The molecule has 0 bridgehead atoms. The van der Waals surface area contributed by atoms with Crippen molar-refractivity contribution >= 4 is 33.7 Å². The van der Waals surface area contributed by atoms with Gasteiger partial charge in [0.2, 0.25) is 0 Å². The molecule has 5 nitrogen and oxygen atoms in total. The minimum Gasteiger partial charge on any atom is -0.465 e. The number of allylic oxidation sites excluding steroid dienone is 2. The van der Waals surface area contributed by atoms with Crippen LogP contribution in [0.2, 0.25) is 0 Å². The van der Waals surface area contributed by atoms with Crippen molar-refractivity contribution in [3.8, 4) is 0 Å². The van der Waals surface area contributed by atoms with E-state index in [1.165, 1.54) is 0 Å². The average molecular weight is 347 g/mol. The summed E-state index contributed by atoms with van der Waals surface area (Å²) in [5.74, 6) is -3.49. The summed E-state index contributed by atoms with van der Waals surface area (Å²) in [6.07, 6.45) is 0.883. The van der Waals surface area contributed by atoms with Crippen molar-refractivity contribution in [3.05, 3.63) is 10.1 Å². The Kier molecular flexibility index (Phi) is 6.39. The second-order valence-corrected chi connectivity index (χ2v) is 5.67. The molecular formula is C14H19BrO5. The van der Waals surface area contributed by atoms with Gasteiger partial charge in [0.1, 0.15) is 5.78 Å². The predicted octanol–water partition coefficient (Wildman–Crippen LogP) is 2.38. The van der Waals surface area contributed by atoms with Gasteiger partial charge in [0.25, 0.3) is 0 Å². The molecule has 1 aliphatic rings. The summed E-state index contributed by atoms with van der Waals surface area (Å²) in [6, 6.07) is 0. The number of esters is 2. The van der Waals surface area contributed by atoms with Crippen LogP contribution >= 0.6 is 15.9 Å². The Morgan fingerprint density at radius 3 is 2.10 bits per heavy atom. The first-order valence-electron chi connectivity index (χ1n) is 6.65. The summed E-state index contributed by atoms with van der Waals surface area (Å²) in [5.41, 5.74) is 0.779. The number of halogens is 1. The van der Waals surface area contributed by atoms with Crippen molar-refractivity contribution in [1.82, 2.24) is 0 Å². The van der Waals surface area contributed by atoms with Crippen LogP contribution in [0, 0.1) is 11.8 Å². The van der Waals surface area contributed by atoms with Crippen LogP contribution in [-0.4, -0.2) is 30.9 Å². The maximum atomic E-state index is 12.1. The van der Waals surface area contributed by atoms with Crippen molar-refractivity contribution < 1.29 is 23.9 Å². The molecule has 1 atom stereocenters. The van der Waals surface area contributed by atoms with Gasteiger partial charge < -0.3 is 9.47 Å². The quantitative estimate of drug-likeness (QED) is 0.564. The second kappa shape index (κ2) is 7.57. The van der Waals surface area contributed by atoms with E-state index in [1.807, 2.05) is 0 Å². The van der Waals surface area contributed by atoms with Crippen LogP contribution in [0.3, 0.4) is 0 Å². The topological polar surface area (TPSA) is 69.7 Å². The number of hydrogen-bond acceptors (Lipinski definition) is 5. The van der Waals surface area contributed by atoms with Gasteiger partial charge in [-0.3, -0.25) is 14.4 Å². The van der Waals surface area contributed by atoms with Gasteiger partial charge >= 0.3 is 11.9 Å². The first kappa shape index (κ1) is 16.9. The predicted molar refractivity (Wildman–Crippen MR) is 76.1 cm³/mol. The van der Waals surface area contributed by atoms with Crippen LogP contribution in [0.15, 0.2) is 10.1 Å². The van der Waals surface area contributed by atoms with E-state index in [4.69, 9.17) is 9.47 Å². The summed E-state index contributed by atoms with van der Waals surface area (Å²) < 4.78 is 10.6. The van der Waals surface area contributed by atoms with Crippen LogP contribution in [-0.2, 0) is 23.9 Å². The first-order valence-corrected chi connectivity index (χ1v) is 7.44. The average Bonchev–Trinajstić information content (AvgIpc) is 2.73. The molecule has 0 saturated heterocycles. The highest BCUT2D eigenvalue weighted by atomic mass is 79.9. The third-order valence-corrected chi connectivity index (χ3v) is 3.73. The molecule has 0 heterocycles. The Balaban J connectivity index is 3.14. The zero-order chi connectivity index (χ0) is 15.3. The van der Waals surface area contributed by atoms with Gasteiger partial charge in [0, 0.05) is 6.42 Å². The molecule has 1 saturated carbocycles. The van der Waals surface area contributed by atoms with Gasteiger partial charge in [-0.1, -0.05) is 15.9 Å². The lowest BCUT2D eigenvalue weighted by molar-refractivity contribution is -0.165. The normalized spacial score (nSPS) is 21.1. The second-order valence-electron chi connectivity index (χ2n) is 4.48. The highest BCUT2D eigenvalue weighted by Gasteiger charge is 2.46. The van der Waals surface area contributed by atoms with Gasteiger partial charge in [-0.15, -0.1) is 0 Å². The van der Waals surface area contributed by atoms with Crippen LogP contribution in [0.5, 0.6) is 0 Å². The first-order chi connectivity index (χ1) is 9.43. The number of Topliss-reactive ketones (excluding diaryl/α,β-unsaturated/α-hetero) is 1. The SMILES string of the molecule is CCOC(=O)C(C(=O)OCC)C1C(=O)CC/C1=C(/C)Br. The minimum atomic E-state index is -1.20. The zero-order valence-electron chi connectivity index (χ0n) is 11.9. The van der Waals surface area contributed by atoms with Crippen molar-refractivity contribution in [2.24, 2.45) is 11.8 Å². The highest BCUT2D eigenvalue weighted by Crippen LogP contribution is 2.38. The van der Waals surface area contributed by atoms with Gasteiger partial charge in [-0.05, 0) is 37.2 Å². The van der Waals surface area contributed by atoms with Gasteiger partial charge in [0.15, 0.2) is 5.92 Å². The Labute approximate surface area is 126 Å². The fourth-order valence-corrected chi connectivity index (χ4v) is 2.81. The Morgan fingerprint density at radius 1 is 1.20 bits per heavy atom. The number of hydrogen-bond donors (Lipinski definition) is 0. The Morgan fingerprint density at radius 2 is 1.70 bits per heavy atom. The monoisotopic (exact) mass is 346 g/mol. The highest BCUT2D eigenvalue weighted by molar-refractivity contribution is 9.11. The maximum Gasteiger partial charge on any atom is 0.321 e.